The summed E-state index contributed by atoms with van der Waals surface area (Å²) in [7, 11) is 0. The molecule has 1 heteroatoms. The van der Waals surface area contributed by atoms with Crippen LogP contribution in [0, 0.1) is 17.8 Å². The second-order valence-electron chi connectivity index (χ2n) is 6.99. The molecule has 20 heavy (non-hydrogen) atoms. The fraction of sp³-hybridized carbons (Fsp3) is 0.684. The van der Waals surface area contributed by atoms with Gasteiger partial charge < -0.3 is 0 Å². The SMILES string of the molecule is CCCC1CCC(C2CCc3cc(Cl)ccc3C2)CC1. The van der Waals surface area contributed by atoms with E-state index >= 15 is 0 Å². The molecule has 1 fully saturated rings. The minimum Gasteiger partial charge on any atom is -0.0843 e. The Labute approximate surface area is 128 Å². The zero-order valence-electron chi connectivity index (χ0n) is 12.7. The standard InChI is InChI=1S/C19H27Cl/c1-2-3-14-4-6-15(7-5-14)16-8-9-18-13-19(20)11-10-17(18)12-16/h10-11,13-16H,2-9,12H2,1H3. The highest BCUT2D eigenvalue weighted by Gasteiger charge is 2.29. The van der Waals surface area contributed by atoms with Crippen LogP contribution in [-0.4, -0.2) is 0 Å². The Morgan fingerprint density at radius 1 is 1.00 bits per heavy atom. The highest BCUT2D eigenvalue weighted by molar-refractivity contribution is 6.30. The third kappa shape index (κ3) is 3.22. The van der Waals surface area contributed by atoms with Crippen LogP contribution in [0.1, 0.15) is 63.0 Å². The maximum atomic E-state index is 6.11. The van der Waals surface area contributed by atoms with Crippen molar-refractivity contribution < 1.29 is 0 Å². The van der Waals surface area contributed by atoms with Gasteiger partial charge in [0.2, 0.25) is 0 Å². The zero-order valence-corrected chi connectivity index (χ0v) is 13.5. The number of hydrogen-bond acceptors (Lipinski definition) is 0. The van der Waals surface area contributed by atoms with Gasteiger partial charge in [-0.15, -0.1) is 0 Å². The van der Waals surface area contributed by atoms with E-state index in [1.54, 1.807) is 5.56 Å². The second kappa shape index (κ2) is 6.52. The molecule has 0 amide bonds. The fourth-order valence-corrected chi connectivity index (χ4v) is 4.71. The van der Waals surface area contributed by atoms with Gasteiger partial charge in [0.05, 0.1) is 0 Å². The molecule has 1 atom stereocenters. The first-order valence-corrected chi connectivity index (χ1v) is 8.91. The van der Waals surface area contributed by atoms with Gasteiger partial charge in [0.1, 0.15) is 0 Å². The number of rotatable bonds is 3. The largest absolute Gasteiger partial charge is 0.0843 e. The summed E-state index contributed by atoms with van der Waals surface area (Å²) in [6.45, 7) is 2.33. The summed E-state index contributed by atoms with van der Waals surface area (Å²) in [4.78, 5) is 0. The van der Waals surface area contributed by atoms with Crippen molar-refractivity contribution in [3.05, 3.63) is 34.3 Å². The number of hydrogen-bond donors (Lipinski definition) is 0. The number of halogens is 1. The van der Waals surface area contributed by atoms with Crippen molar-refractivity contribution in [3.63, 3.8) is 0 Å². The van der Waals surface area contributed by atoms with Gasteiger partial charge in [-0.05, 0) is 73.1 Å². The molecule has 0 N–H and O–H groups in total. The molecule has 2 aliphatic carbocycles. The average Bonchev–Trinajstić information content (AvgIpc) is 2.48. The maximum absolute atomic E-state index is 6.11. The Morgan fingerprint density at radius 3 is 2.55 bits per heavy atom. The van der Waals surface area contributed by atoms with Crippen molar-refractivity contribution in [2.24, 2.45) is 17.8 Å². The highest BCUT2D eigenvalue weighted by atomic mass is 35.5. The van der Waals surface area contributed by atoms with E-state index in [-0.39, 0.29) is 0 Å². The molecule has 0 saturated heterocycles. The van der Waals surface area contributed by atoms with Crippen LogP contribution in [-0.2, 0) is 12.8 Å². The highest BCUT2D eigenvalue weighted by Crippen LogP contribution is 2.40. The van der Waals surface area contributed by atoms with Gasteiger partial charge in [-0.1, -0.05) is 50.3 Å². The van der Waals surface area contributed by atoms with Gasteiger partial charge in [0, 0.05) is 5.02 Å². The molecule has 0 aliphatic heterocycles. The van der Waals surface area contributed by atoms with E-state index in [9.17, 15) is 0 Å². The molecule has 1 unspecified atom stereocenters. The van der Waals surface area contributed by atoms with Crippen LogP contribution in [0.4, 0.5) is 0 Å². The molecule has 0 aromatic heterocycles. The molecule has 2 aliphatic rings. The molecule has 1 aromatic rings. The summed E-state index contributed by atoms with van der Waals surface area (Å²) in [6.07, 6.45) is 12.7. The smallest absolute Gasteiger partial charge is 0.0408 e. The number of benzene rings is 1. The first-order chi connectivity index (χ1) is 9.76. The van der Waals surface area contributed by atoms with Crippen LogP contribution in [0.5, 0.6) is 0 Å². The molecular weight excluding hydrogens is 264 g/mol. The first kappa shape index (κ1) is 14.4. The zero-order chi connectivity index (χ0) is 13.9. The molecule has 0 radical (unpaired) electrons. The van der Waals surface area contributed by atoms with Crippen molar-refractivity contribution in [2.75, 3.05) is 0 Å². The molecule has 1 aromatic carbocycles. The summed E-state index contributed by atoms with van der Waals surface area (Å²) in [5, 5.41) is 0.905. The van der Waals surface area contributed by atoms with Gasteiger partial charge in [0.15, 0.2) is 0 Å². The van der Waals surface area contributed by atoms with Crippen LogP contribution < -0.4 is 0 Å². The molecule has 110 valence electrons. The van der Waals surface area contributed by atoms with E-state index in [2.05, 4.69) is 25.1 Å². The van der Waals surface area contributed by atoms with Gasteiger partial charge in [0.25, 0.3) is 0 Å². The second-order valence-corrected chi connectivity index (χ2v) is 7.42. The fourth-order valence-electron chi connectivity index (χ4n) is 4.51. The van der Waals surface area contributed by atoms with E-state index in [4.69, 9.17) is 11.6 Å². The lowest BCUT2D eigenvalue weighted by atomic mass is 9.69. The molecule has 0 bridgehead atoms. The van der Waals surface area contributed by atoms with E-state index in [0.717, 1.165) is 22.8 Å². The Hall–Kier alpha value is -0.490. The predicted molar refractivity (Wildman–Crippen MR) is 87.3 cm³/mol. The Bertz CT molecular complexity index is 443. The molecule has 0 nitrogen and oxygen atoms in total. The molecule has 1 saturated carbocycles. The normalized spacial score (nSPS) is 30.0. The van der Waals surface area contributed by atoms with E-state index in [1.165, 1.54) is 63.4 Å². The summed E-state index contributed by atoms with van der Waals surface area (Å²) < 4.78 is 0. The van der Waals surface area contributed by atoms with Crippen LogP contribution in [0.3, 0.4) is 0 Å². The topological polar surface area (TPSA) is 0 Å². The molecule has 0 spiro atoms. The summed E-state index contributed by atoms with van der Waals surface area (Å²) >= 11 is 6.11. The van der Waals surface area contributed by atoms with Crippen molar-refractivity contribution in [1.29, 1.82) is 0 Å². The van der Waals surface area contributed by atoms with Crippen LogP contribution in [0.25, 0.3) is 0 Å². The number of fused-ring (bicyclic) bond motifs is 1. The quantitative estimate of drug-likeness (QED) is 0.635. The van der Waals surface area contributed by atoms with Gasteiger partial charge in [-0.3, -0.25) is 0 Å². The minimum absolute atomic E-state index is 0.905. The molecule has 0 heterocycles. The van der Waals surface area contributed by atoms with E-state index < -0.39 is 0 Å². The van der Waals surface area contributed by atoms with Crippen molar-refractivity contribution in [2.45, 2.75) is 64.7 Å². The monoisotopic (exact) mass is 290 g/mol. The van der Waals surface area contributed by atoms with Gasteiger partial charge >= 0.3 is 0 Å². The van der Waals surface area contributed by atoms with Crippen molar-refractivity contribution >= 4 is 11.6 Å². The summed E-state index contributed by atoms with van der Waals surface area (Å²) in [6, 6.07) is 6.53. The predicted octanol–water partition coefficient (Wildman–Crippen LogP) is 6.05. The van der Waals surface area contributed by atoms with E-state index in [0.29, 0.717) is 0 Å². The van der Waals surface area contributed by atoms with Crippen LogP contribution >= 0.6 is 11.6 Å². The van der Waals surface area contributed by atoms with Gasteiger partial charge in [-0.2, -0.15) is 0 Å². The Kier molecular flexibility index (Phi) is 4.71. The third-order valence-corrected chi connectivity index (χ3v) is 5.92. The maximum Gasteiger partial charge on any atom is 0.0408 e. The summed E-state index contributed by atoms with van der Waals surface area (Å²) in [5.41, 5.74) is 3.08. The molecule has 3 rings (SSSR count). The third-order valence-electron chi connectivity index (χ3n) is 5.69. The number of aryl methyl sites for hydroxylation is 1. The van der Waals surface area contributed by atoms with Crippen LogP contribution in [0.2, 0.25) is 5.02 Å². The lowest BCUT2D eigenvalue weighted by Crippen LogP contribution is -2.26. The van der Waals surface area contributed by atoms with Gasteiger partial charge in [-0.25, -0.2) is 0 Å². The average molecular weight is 291 g/mol. The summed E-state index contributed by atoms with van der Waals surface area (Å²) in [5.74, 6) is 2.96. The lowest BCUT2D eigenvalue weighted by molar-refractivity contribution is 0.184. The first-order valence-electron chi connectivity index (χ1n) is 8.53. The lowest BCUT2D eigenvalue weighted by Gasteiger charge is -2.36. The van der Waals surface area contributed by atoms with Crippen LogP contribution in [0.15, 0.2) is 18.2 Å². The van der Waals surface area contributed by atoms with E-state index in [1.807, 2.05) is 0 Å². The molecular formula is C19H27Cl. The Balaban J connectivity index is 1.59. The van der Waals surface area contributed by atoms with Crippen molar-refractivity contribution in [3.8, 4) is 0 Å². The minimum atomic E-state index is 0.905. The van der Waals surface area contributed by atoms with Crippen molar-refractivity contribution in [1.82, 2.24) is 0 Å². The Morgan fingerprint density at radius 2 is 1.80 bits per heavy atom.